The van der Waals surface area contributed by atoms with Gasteiger partial charge in [-0.1, -0.05) is 0 Å². The van der Waals surface area contributed by atoms with Gasteiger partial charge in [0.1, 0.15) is 0 Å². The van der Waals surface area contributed by atoms with Crippen molar-refractivity contribution in [1.29, 1.82) is 0 Å². The van der Waals surface area contributed by atoms with Crippen molar-refractivity contribution in [2.24, 2.45) is 0 Å². The predicted octanol–water partition coefficient (Wildman–Crippen LogP) is 1.73. The van der Waals surface area contributed by atoms with Crippen molar-refractivity contribution in [1.82, 2.24) is 9.80 Å². The lowest BCUT2D eigenvalue weighted by Crippen LogP contribution is -2.50. The van der Waals surface area contributed by atoms with Crippen LogP contribution in [-0.2, 0) is 4.79 Å². The molecule has 1 rings (SSSR count). The highest BCUT2D eigenvalue weighted by atomic mass is 16.2. The number of hydrogen-bond acceptors (Lipinski definition) is 2. The number of rotatable bonds is 1. The summed E-state index contributed by atoms with van der Waals surface area (Å²) in [6.07, 6.45) is 2.21. The van der Waals surface area contributed by atoms with Crippen LogP contribution in [0.5, 0.6) is 0 Å². The third-order valence-corrected chi connectivity index (χ3v) is 3.52. The van der Waals surface area contributed by atoms with Gasteiger partial charge in [0.25, 0.3) is 0 Å². The molecular weight excluding hydrogens is 188 g/mol. The molecule has 0 aromatic rings. The maximum atomic E-state index is 11.2. The first-order valence-corrected chi connectivity index (χ1v) is 5.81. The van der Waals surface area contributed by atoms with E-state index in [9.17, 15) is 4.79 Å². The van der Waals surface area contributed by atoms with E-state index in [1.807, 2.05) is 4.90 Å². The molecule has 0 aliphatic carbocycles. The van der Waals surface area contributed by atoms with Gasteiger partial charge in [-0.15, -0.1) is 0 Å². The molecule has 0 atom stereocenters. The topological polar surface area (TPSA) is 23.6 Å². The molecule has 88 valence electrons. The first kappa shape index (κ1) is 12.5. The van der Waals surface area contributed by atoms with Gasteiger partial charge in [0.15, 0.2) is 0 Å². The molecule has 0 aromatic heterocycles. The Morgan fingerprint density at radius 1 is 1.27 bits per heavy atom. The fraction of sp³-hybridized carbons (Fsp3) is 0.917. The fourth-order valence-electron chi connectivity index (χ4n) is 2.12. The summed E-state index contributed by atoms with van der Waals surface area (Å²) in [6.45, 7) is 10.2. The molecule has 0 radical (unpaired) electrons. The summed E-state index contributed by atoms with van der Waals surface area (Å²) >= 11 is 0. The molecule has 1 amide bonds. The summed E-state index contributed by atoms with van der Waals surface area (Å²) in [7, 11) is 2.19. The van der Waals surface area contributed by atoms with Crippen molar-refractivity contribution in [3.8, 4) is 0 Å². The SMILES string of the molecule is CC(=O)N1CCC(N(C)C(C)(C)C)CC1. The number of hydrogen-bond donors (Lipinski definition) is 0. The zero-order chi connectivity index (χ0) is 11.6. The molecule has 0 aromatic carbocycles. The molecule has 1 saturated heterocycles. The van der Waals surface area contributed by atoms with Gasteiger partial charge >= 0.3 is 0 Å². The molecule has 1 fully saturated rings. The van der Waals surface area contributed by atoms with Crippen LogP contribution in [-0.4, -0.2) is 47.4 Å². The van der Waals surface area contributed by atoms with Crippen LogP contribution in [0.1, 0.15) is 40.5 Å². The van der Waals surface area contributed by atoms with Crippen LogP contribution >= 0.6 is 0 Å². The Labute approximate surface area is 93.4 Å². The summed E-state index contributed by atoms with van der Waals surface area (Å²) in [6, 6.07) is 0.626. The first-order valence-electron chi connectivity index (χ1n) is 5.81. The predicted molar refractivity (Wildman–Crippen MR) is 62.8 cm³/mol. The standard InChI is InChI=1S/C12H24N2O/c1-10(15)14-8-6-11(7-9-14)13(5)12(2,3)4/h11H,6-9H2,1-5H3. The molecule has 0 spiro atoms. The third kappa shape index (κ3) is 3.20. The molecule has 3 nitrogen and oxygen atoms in total. The Bertz CT molecular complexity index is 224. The maximum Gasteiger partial charge on any atom is 0.219 e. The van der Waals surface area contributed by atoms with Crippen molar-refractivity contribution in [2.45, 2.75) is 52.1 Å². The molecular formula is C12H24N2O. The van der Waals surface area contributed by atoms with Gasteiger partial charge in [0.05, 0.1) is 0 Å². The van der Waals surface area contributed by atoms with Gasteiger partial charge in [-0.05, 0) is 40.7 Å². The van der Waals surface area contributed by atoms with Crippen LogP contribution in [0.25, 0.3) is 0 Å². The van der Waals surface area contributed by atoms with E-state index in [4.69, 9.17) is 0 Å². The van der Waals surface area contributed by atoms with Crippen LogP contribution in [0.2, 0.25) is 0 Å². The van der Waals surface area contributed by atoms with Crippen molar-refractivity contribution < 1.29 is 4.79 Å². The second-order valence-electron chi connectivity index (χ2n) is 5.52. The second kappa shape index (κ2) is 4.52. The summed E-state index contributed by atoms with van der Waals surface area (Å²) < 4.78 is 0. The van der Waals surface area contributed by atoms with Crippen LogP contribution in [0.3, 0.4) is 0 Å². The Morgan fingerprint density at radius 3 is 2.07 bits per heavy atom. The highest BCUT2D eigenvalue weighted by Gasteiger charge is 2.29. The van der Waals surface area contributed by atoms with Crippen molar-refractivity contribution in [3.05, 3.63) is 0 Å². The Balaban J connectivity index is 2.47. The van der Waals surface area contributed by atoms with Crippen LogP contribution < -0.4 is 0 Å². The Morgan fingerprint density at radius 2 is 1.73 bits per heavy atom. The Hall–Kier alpha value is -0.570. The largest absolute Gasteiger partial charge is 0.343 e. The van der Waals surface area contributed by atoms with Gasteiger partial charge in [-0.2, -0.15) is 0 Å². The van der Waals surface area contributed by atoms with Gasteiger partial charge in [-0.3, -0.25) is 9.69 Å². The van der Waals surface area contributed by atoms with Crippen LogP contribution in [0.4, 0.5) is 0 Å². The lowest BCUT2D eigenvalue weighted by atomic mass is 9.97. The number of nitrogens with zero attached hydrogens (tertiary/aromatic N) is 2. The van der Waals surface area contributed by atoms with Crippen molar-refractivity contribution >= 4 is 5.91 Å². The number of amides is 1. The normalized spacial score (nSPS) is 19.7. The minimum atomic E-state index is 0.215. The minimum Gasteiger partial charge on any atom is -0.343 e. The molecule has 1 heterocycles. The smallest absolute Gasteiger partial charge is 0.219 e. The van der Waals surface area contributed by atoms with E-state index in [2.05, 4.69) is 32.7 Å². The zero-order valence-electron chi connectivity index (χ0n) is 10.7. The molecule has 0 saturated carbocycles. The van der Waals surface area contributed by atoms with Crippen LogP contribution in [0.15, 0.2) is 0 Å². The molecule has 1 aliphatic heterocycles. The molecule has 15 heavy (non-hydrogen) atoms. The van der Waals surface area contributed by atoms with Gasteiger partial charge in [0, 0.05) is 31.6 Å². The third-order valence-electron chi connectivity index (χ3n) is 3.52. The maximum absolute atomic E-state index is 11.2. The van der Waals surface area contributed by atoms with Crippen molar-refractivity contribution in [2.75, 3.05) is 20.1 Å². The summed E-state index contributed by atoms with van der Waals surface area (Å²) in [5.41, 5.74) is 0.225. The molecule has 1 aliphatic rings. The number of carbonyl (C=O) groups is 1. The zero-order valence-corrected chi connectivity index (χ0v) is 10.7. The van der Waals surface area contributed by atoms with E-state index in [0.29, 0.717) is 6.04 Å². The molecule has 3 heteroatoms. The molecule has 0 N–H and O–H groups in total. The van der Waals surface area contributed by atoms with E-state index in [1.165, 1.54) is 0 Å². The summed E-state index contributed by atoms with van der Waals surface area (Å²) in [4.78, 5) is 15.6. The van der Waals surface area contributed by atoms with Gasteiger partial charge in [0.2, 0.25) is 5.91 Å². The minimum absolute atomic E-state index is 0.215. The summed E-state index contributed by atoms with van der Waals surface area (Å²) in [5, 5.41) is 0. The van der Waals surface area contributed by atoms with Gasteiger partial charge in [-0.25, -0.2) is 0 Å². The highest BCUT2D eigenvalue weighted by molar-refractivity contribution is 5.73. The van der Waals surface area contributed by atoms with E-state index >= 15 is 0 Å². The first-order chi connectivity index (χ1) is 6.82. The van der Waals surface area contributed by atoms with E-state index in [1.54, 1.807) is 6.92 Å². The second-order valence-corrected chi connectivity index (χ2v) is 5.52. The molecule has 0 unspecified atom stereocenters. The lowest BCUT2D eigenvalue weighted by molar-refractivity contribution is -0.130. The average molecular weight is 212 g/mol. The number of piperidine rings is 1. The van der Waals surface area contributed by atoms with E-state index in [-0.39, 0.29) is 11.4 Å². The average Bonchev–Trinajstić information content (AvgIpc) is 2.15. The number of likely N-dealkylation sites (tertiary alicyclic amines) is 1. The van der Waals surface area contributed by atoms with E-state index < -0.39 is 0 Å². The number of carbonyl (C=O) groups excluding carboxylic acids is 1. The van der Waals surface area contributed by atoms with E-state index in [0.717, 1.165) is 25.9 Å². The monoisotopic (exact) mass is 212 g/mol. The molecule has 0 bridgehead atoms. The fourth-order valence-corrected chi connectivity index (χ4v) is 2.12. The Kier molecular flexibility index (Phi) is 3.77. The van der Waals surface area contributed by atoms with Gasteiger partial charge < -0.3 is 4.90 Å². The van der Waals surface area contributed by atoms with Crippen LogP contribution in [0, 0.1) is 0 Å². The van der Waals surface area contributed by atoms with Crippen molar-refractivity contribution in [3.63, 3.8) is 0 Å². The highest BCUT2D eigenvalue weighted by Crippen LogP contribution is 2.22. The lowest BCUT2D eigenvalue weighted by Gasteiger charge is -2.42. The summed E-state index contributed by atoms with van der Waals surface area (Å²) in [5.74, 6) is 0.215. The quantitative estimate of drug-likeness (QED) is 0.661.